The number of amides is 1. The predicted molar refractivity (Wildman–Crippen MR) is 72.7 cm³/mol. The molecule has 0 bridgehead atoms. The van der Waals surface area contributed by atoms with Crippen molar-refractivity contribution in [1.82, 2.24) is 16.0 Å². The second kappa shape index (κ2) is 7.59. The second-order valence-electron chi connectivity index (χ2n) is 5.83. The fourth-order valence-electron chi connectivity index (χ4n) is 1.96. The summed E-state index contributed by atoms with van der Waals surface area (Å²) in [6.45, 7) is 10.3. The molecule has 1 aliphatic heterocycles. The summed E-state index contributed by atoms with van der Waals surface area (Å²) in [6.07, 6.45) is 2.14. The summed E-state index contributed by atoms with van der Waals surface area (Å²) in [6, 6.07) is 0. The van der Waals surface area contributed by atoms with E-state index < -0.39 is 5.60 Å². The molecule has 1 rings (SSSR count). The Morgan fingerprint density at radius 3 is 2.56 bits per heavy atom. The normalized spacial score (nSPS) is 17.5. The molecule has 0 unspecified atom stereocenters. The van der Waals surface area contributed by atoms with Crippen molar-refractivity contribution < 1.29 is 9.53 Å². The maximum Gasteiger partial charge on any atom is 0.407 e. The Kier molecular flexibility index (Phi) is 6.43. The highest BCUT2D eigenvalue weighted by Gasteiger charge is 2.15. The van der Waals surface area contributed by atoms with E-state index in [0.717, 1.165) is 32.1 Å². The van der Waals surface area contributed by atoms with Gasteiger partial charge in [0.15, 0.2) is 0 Å². The van der Waals surface area contributed by atoms with Gasteiger partial charge in [-0.05, 0) is 59.2 Å². The third-order valence-electron chi connectivity index (χ3n) is 2.86. The number of carbonyl (C=O) groups is 1. The van der Waals surface area contributed by atoms with Crippen LogP contribution in [0.2, 0.25) is 0 Å². The molecule has 0 aromatic heterocycles. The van der Waals surface area contributed by atoms with E-state index in [0.29, 0.717) is 6.54 Å². The first-order valence-corrected chi connectivity index (χ1v) is 6.85. The Balaban J connectivity index is 1.96. The van der Waals surface area contributed by atoms with Crippen LogP contribution in [0.15, 0.2) is 0 Å². The van der Waals surface area contributed by atoms with Crippen molar-refractivity contribution in [2.24, 2.45) is 5.92 Å². The minimum atomic E-state index is -0.424. The van der Waals surface area contributed by atoms with Crippen molar-refractivity contribution in [3.05, 3.63) is 0 Å². The monoisotopic (exact) mass is 257 g/mol. The molecule has 0 aliphatic carbocycles. The first kappa shape index (κ1) is 15.2. The van der Waals surface area contributed by atoms with E-state index >= 15 is 0 Å². The van der Waals surface area contributed by atoms with Gasteiger partial charge in [0.25, 0.3) is 0 Å². The number of hydrogen-bond donors (Lipinski definition) is 3. The maximum absolute atomic E-state index is 11.4. The molecule has 0 atom stereocenters. The third-order valence-corrected chi connectivity index (χ3v) is 2.86. The lowest BCUT2D eigenvalue weighted by Gasteiger charge is -2.23. The Hall–Kier alpha value is -0.810. The number of piperidine rings is 1. The van der Waals surface area contributed by atoms with Crippen LogP contribution in [0.5, 0.6) is 0 Å². The van der Waals surface area contributed by atoms with Crippen LogP contribution in [-0.4, -0.2) is 44.4 Å². The Bertz CT molecular complexity index is 245. The van der Waals surface area contributed by atoms with Crippen molar-refractivity contribution in [2.45, 2.75) is 39.2 Å². The van der Waals surface area contributed by atoms with E-state index in [1.54, 1.807) is 0 Å². The van der Waals surface area contributed by atoms with Crippen LogP contribution < -0.4 is 16.0 Å². The summed E-state index contributed by atoms with van der Waals surface area (Å²) in [5.41, 5.74) is -0.424. The van der Waals surface area contributed by atoms with Gasteiger partial charge in [-0.25, -0.2) is 4.79 Å². The Morgan fingerprint density at radius 2 is 1.94 bits per heavy atom. The van der Waals surface area contributed by atoms with Gasteiger partial charge in [0.1, 0.15) is 5.60 Å². The van der Waals surface area contributed by atoms with Crippen molar-refractivity contribution in [2.75, 3.05) is 32.7 Å². The van der Waals surface area contributed by atoms with E-state index in [2.05, 4.69) is 16.0 Å². The maximum atomic E-state index is 11.4. The van der Waals surface area contributed by atoms with Crippen LogP contribution in [-0.2, 0) is 4.74 Å². The minimum Gasteiger partial charge on any atom is -0.444 e. The first-order valence-electron chi connectivity index (χ1n) is 6.85. The second-order valence-corrected chi connectivity index (χ2v) is 5.83. The number of carbonyl (C=O) groups excluding carboxylic acids is 1. The molecule has 1 heterocycles. The van der Waals surface area contributed by atoms with Gasteiger partial charge in [-0.15, -0.1) is 0 Å². The Morgan fingerprint density at radius 1 is 1.28 bits per heavy atom. The van der Waals surface area contributed by atoms with Crippen molar-refractivity contribution in [3.8, 4) is 0 Å². The van der Waals surface area contributed by atoms with Crippen LogP contribution in [0.4, 0.5) is 4.79 Å². The molecule has 0 radical (unpaired) electrons. The van der Waals surface area contributed by atoms with E-state index in [1.165, 1.54) is 12.8 Å². The van der Waals surface area contributed by atoms with E-state index in [-0.39, 0.29) is 6.09 Å². The molecular weight excluding hydrogens is 230 g/mol. The van der Waals surface area contributed by atoms with Crippen LogP contribution in [0.25, 0.3) is 0 Å². The lowest BCUT2D eigenvalue weighted by molar-refractivity contribution is 0.0528. The number of nitrogens with one attached hydrogen (secondary N) is 3. The zero-order valence-corrected chi connectivity index (χ0v) is 11.8. The summed E-state index contributed by atoms with van der Waals surface area (Å²) in [5, 5.41) is 9.47. The molecule has 0 spiro atoms. The highest BCUT2D eigenvalue weighted by molar-refractivity contribution is 5.67. The van der Waals surface area contributed by atoms with Gasteiger partial charge in [0.05, 0.1) is 0 Å². The van der Waals surface area contributed by atoms with Gasteiger partial charge in [-0.3, -0.25) is 0 Å². The molecule has 1 aliphatic rings. The molecule has 5 nitrogen and oxygen atoms in total. The molecule has 1 fully saturated rings. The number of hydrogen-bond acceptors (Lipinski definition) is 4. The van der Waals surface area contributed by atoms with Crippen molar-refractivity contribution >= 4 is 6.09 Å². The predicted octanol–water partition coefficient (Wildman–Crippen LogP) is 1.10. The van der Waals surface area contributed by atoms with Gasteiger partial charge in [-0.1, -0.05) is 0 Å². The molecule has 0 saturated carbocycles. The molecule has 1 saturated heterocycles. The van der Waals surface area contributed by atoms with E-state index in [1.807, 2.05) is 20.8 Å². The lowest BCUT2D eigenvalue weighted by atomic mass is 9.98. The van der Waals surface area contributed by atoms with Gasteiger partial charge in [0.2, 0.25) is 0 Å². The number of ether oxygens (including phenoxy) is 1. The standard InChI is InChI=1S/C13H27N3O2/c1-13(2,3)18-12(17)16-9-8-15-10-11-4-6-14-7-5-11/h11,14-15H,4-10H2,1-3H3,(H,16,17). The smallest absolute Gasteiger partial charge is 0.407 e. The van der Waals surface area contributed by atoms with Gasteiger partial charge < -0.3 is 20.7 Å². The fourth-order valence-corrected chi connectivity index (χ4v) is 1.96. The lowest BCUT2D eigenvalue weighted by Crippen LogP contribution is -2.38. The highest BCUT2D eigenvalue weighted by Crippen LogP contribution is 2.09. The first-order chi connectivity index (χ1) is 8.47. The molecule has 5 heteroatoms. The molecular formula is C13H27N3O2. The average Bonchev–Trinajstić information content (AvgIpc) is 2.27. The zero-order valence-electron chi connectivity index (χ0n) is 11.8. The number of rotatable bonds is 5. The molecule has 0 aromatic carbocycles. The molecule has 18 heavy (non-hydrogen) atoms. The topological polar surface area (TPSA) is 62.4 Å². The van der Waals surface area contributed by atoms with Crippen LogP contribution in [0.1, 0.15) is 33.6 Å². The SMILES string of the molecule is CC(C)(C)OC(=O)NCCNCC1CCNCC1. The van der Waals surface area contributed by atoms with Gasteiger partial charge >= 0.3 is 6.09 Å². The quantitative estimate of drug-likeness (QED) is 0.645. The summed E-state index contributed by atoms with van der Waals surface area (Å²) in [5.74, 6) is 0.771. The zero-order chi connectivity index (χ0) is 13.4. The summed E-state index contributed by atoms with van der Waals surface area (Å²) >= 11 is 0. The van der Waals surface area contributed by atoms with E-state index in [4.69, 9.17) is 4.74 Å². The van der Waals surface area contributed by atoms with Gasteiger partial charge in [-0.2, -0.15) is 0 Å². The summed E-state index contributed by atoms with van der Waals surface area (Å²) in [4.78, 5) is 11.4. The summed E-state index contributed by atoms with van der Waals surface area (Å²) < 4.78 is 5.15. The fraction of sp³-hybridized carbons (Fsp3) is 0.923. The molecule has 0 aromatic rings. The van der Waals surface area contributed by atoms with Gasteiger partial charge in [0, 0.05) is 13.1 Å². The Labute approximate surface area is 110 Å². The number of alkyl carbamates (subject to hydrolysis) is 1. The minimum absolute atomic E-state index is 0.342. The van der Waals surface area contributed by atoms with Crippen molar-refractivity contribution in [3.63, 3.8) is 0 Å². The third kappa shape index (κ3) is 7.50. The van der Waals surface area contributed by atoms with Crippen molar-refractivity contribution in [1.29, 1.82) is 0 Å². The highest BCUT2D eigenvalue weighted by atomic mass is 16.6. The van der Waals surface area contributed by atoms with Crippen LogP contribution in [0, 0.1) is 5.92 Å². The largest absolute Gasteiger partial charge is 0.444 e. The molecule has 3 N–H and O–H groups in total. The van der Waals surface area contributed by atoms with E-state index in [9.17, 15) is 4.79 Å². The van der Waals surface area contributed by atoms with Crippen LogP contribution in [0.3, 0.4) is 0 Å². The average molecular weight is 257 g/mol. The molecule has 1 amide bonds. The summed E-state index contributed by atoms with van der Waals surface area (Å²) in [7, 11) is 0. The molecule has 106 valence electrons. The van der Waals surface area contributed by atoms with Crippen LogP contribution >= 0.6 is 0 Å².